The van der Waals surface area contributed by atoms with Gasteiger partial charge in [0, 0.05) is 19.3 Å². The molecule has 0 saturated carbocycles. The Morgan fingerprint density at radius 2 is 1.70 bits per heavy atom. The van der Waals surface area contributed by atoms with E-state index in [9.17, 15) is 4.79 Å². The molecule has 2 aromatic carbocycles. The largest absolute Gasteiger partial charge is 0.314 e. The molecular formula is C17H20N2O. The van der Waals surface area contributed by atoms with Crippen molar-refractivity contribution in [3.05, 3.63) is 65.7 Å². The van der Waals surface area contributed by atoms with Crippen LogP contribution in [-0.2, 0) is 11.3 Å². The number of nitrogens with zero attached hydrogens (tertiary/aromatic N) is 1. The predicted octanol–water partition coefficient (Wildman–Crippen LogP) is 2.75. The topological polar surface area (TPSA) is 32.3 Å². The smallest absolute Gasteiger partial charge is 0.240 e. The number of nitrogens with one attached hydrogen (secondary N) is 1. The van der Waals surface area contributed by atoms with Crippen molar-refractivity contribution in [3.63, 3.8) is 0 Å². The third-order valence-corrected chi connectivity index (χ3v) is 3.24. The van der Waals surface area contributed by atoms with Crippen molar-refractivity contribution in [1.82, 2.24) is 5.32 Å². The average molecular weight is 268 g/mol. The number of aryl methyl sites for hydroxylation is 1. The van der Waals surface area contributed by atoms with Crippen LogP contribution in [0, 0.1) is 6.92 Å². The van der Waals surface area contributed by atoms with Gasteiger partial charge in [-0.2, -0.15) is 0 Å². The summed E-state index contributed by atoms with van der Waals surface area (Å²) in [7, 11) is 1.80. The third kappa shape index (κ3) is 3.93. The summed E-state index contributed by atoms with van der Waals surface area (Å²) in [6, 6.07) is 18.0. The van der Waals surface area contributed by atoms with Gasteiger partial charge in [-0.05, 0) is 24.6 Å². The van der Waals surface area contributed by atoms with Gasteiger partial charge in [-0.3, -0.25) is 4.79 Å². The molecule has 0 fully saturated rings. The van der Waals surface area contributed by atoms with Crippen LogP contribution in [-0.4, -0.2) is 19.5 Å². The number of amides is 1. The lowest BCUT2D eigenvalue weighted by Crippen LogP contribution is -2.35. The van der Waals surface area contributed by atoms with Gasteiger partial charge in [0.1, 0.15) is 0 Å². The molecule has 0 spiro atoms. The zero-order chi connectivity index (χ0) is 14.4. The maximum atomic E-state index is 12.1. The van der Waals surface area contributed by atoms with E-state index in [0.29, 0.717) is 13.1 Å². The molecule has 20 heavy (non-hydrogen) atoms. The number of hydrogen-bond acceptors (Lipinski definition) is 2. The third-order valence-electron chi connectivity index (χ3n) is 3.24. The summed E-state index contributed by atoms with van der Waals surface area (Å²) in [6.07, 6.45) is 0. The highest BCUT2D eigenvalue weighted by molar-refractivity contribution is 5.94. The molecule has 2 rings (SSSR count). The van der Waals surface area contributed by atoms with Crippen LogP contribution in [0.3, 0.4) is 0 Å². The molecule has 0 atom stereocenters. The fourth-order valence-electron chi connectivity index (χ4n) is 1.94. The Morgan fingerprint density at radius 3 is 2.35 bits per heavy atom. The molecule has 0 aromatic heterocycles. The molecule has 0 radical (unpaired) electrons. The van der Waals surface area contributed by atoms with Crippen LogP contribution in [0.2, 0.25) is 0 Å². The number of carbonyl (C=O) groups is 1. The quantitative estimate of drug-likeness (QED) is 0.904. The van der Waals surface area contributed by atoms with Gasteiger partial charge in [0.25, 0.3) is 0 Å². The maximum Gasteiger partial charge on any atom is 0.240 e. The minimum absolute atomic E-state index is 0.0600. The van der Waals surface area contributed by atoms with Gasteiger partial charge in [-0.15, -0.1) is 0 Å². The Morgan fingerprint density at radius 1 is 1.05 bits per heavy atom. The van der Waals surface area contributed by atoms with Gasteiger partial charge in [-0.25, -0.2) is 0 Å². The molecule has 0 aliphatic rings. The van der Waals surface area contributed by atoms with Gasteiger partial charge in [-0.1, -0.05) is 48.0 Å². The Kier molecular flexibility index (Phi) is 4.91. The maximum absolute atomic E-state index is 12.1. The van der Waals surface area contributed by atoms with Crippen molar-refractivity contribution in [2.24, 2.45) is 0 Å². The molecule has 104 valence electrons. The molecule has 3 heteroatoms. The SMILES string of the molecule is Cc1ccc(N(C)C(=O)CNCc2ccccc2)cc1. The molecule has 0 bridgehead atoms. The Balaban J connectivity index is 1.84. The van der Waals surface area contributed by atoms with Crippen molar-refractivity contribution < 1.29 is 4.79 Å². The summed E-state index contributed by atoms with van der Waals surface area (Å²) in [4.78, 5) is 13.8. The van der Waals surface area contributed by atoms with E-state index in [-0.39, 0.29) is 5.91 Å². The van der Waals surface area contributed by atoms with Crippen molar-refractivity contribution in [2.45, 2.75) is 13.5 Å². The number of anilines is 1. The van der Waals surface area contributed by atoms with Crippen LogP contribution in [0.1, 0.15) is 11.1 Å². The van der Waals surface area contributed by atoms with E-state index < -0.39 is 0 Å². The van der Waals surface area contributed by atoms with Gasteiger partial charge in [0.2, 0.25) is 5.91 Å². The number of carbonyl (C=O) groups excluding carboxylic acids is 1. The number of rotatable bonds is 5. The van der Waals surface area contributed by atoms with E-state index in [4.69, 9.17) is 0 Å². The van der Waals surface area contributed by atoms with Crippen LogP contribution in [0.4, 0.5) is 5.69 Å². The second-order valence-electron chi connectivity index (χ2n) is 4.88. The highest BCUT2D eigenvalue weighted by atomic mass is 16.2. The lowest BCUT2D eigenvalue weighted by Gasteiger charge is -2.18. The van der Waals surface area contributed by atoms with E-state index in [2.05, 4.69) is 5.32 Å². The molecule has 0 aliphatic carbocycles. The normalized spacial score (nSPS) is 10.3. The minimum Gasteiger partial charge on any atom is -0.314 e. The van der Waals surface area contributed by atoms with Crippen LogP contribution < -0.4 is 10.2 Å². The molecule has 0 heterocycles. The summed E-state index contributed by atoms with van der Waals surface area (Å²) in [6.45, 7) is 3.07. The highest BCUT2D eigenvalue weighted by Crippen LogP contribution is 2.13. The lowest BCUT2D eigenvalue weighted by molar-refractivity contribution is -0.117. The molecule has 1 N–H and O–H groups in total. The Labute approximate surface area is 120 Å². The van der Waals surface area contributed by atoms with Crippen molar-refractivity contribution in [1.29, 1.82) is 0 Å². The van der Waals surface area contributed by atoms with Crippen LogP contribution in [0.5, 0.6) is 0 Å². The van der Waals surface area contributed by atoms with Crippen molar-refractivity contribution in [2.75, 3.05) is 18.5 Å². The minimum atomic E-state index is 0.0600. The first-order valence-electron chi connectivity index (χ1n) is 6.74. The zero-order valence-corrected chi connectivity index (χ0v) is 12.0. The molecule has 1 amide bonds. The summed E-state index contributed by atoms with van der Waals surface area (Å²) in [5.74, 6) is 0.0600. The Hall–Kier alpha value is -2.13. The van der Waals surface area contributed by atoms with Gasteiger partial charge in [0.05, 0.1) is 6.54 Å². The standard InChI is InChI=1S/C17H20N2O/c1-14-8-10-16(11-9-14)19(2)17(20)13-18-12-15-6-4-3-5-7-15/h3-11,18H,12-13H2,1-2H3. The van der Waals surface area contributed by atoms with Crippen LogP contribution >= 0.6 is 0 Å². The summed E-state index contributed by atoms with van der Waals surface area (Å²) in [5, 5.41) is 3.17. The number of hydrogen-bond donors (Lipinski definition) is 1. The van der Waals surface area contributed by atoms with Crippen LogP contribution in [0.25, 0.3) is 0 Å². The van der Waals surface area contributed by atoms with E-state index in [1.54, 1.807) is 11.9 Å². The fraction of sp³-hybridized carbons (Fsp3) is 0.235. The van der Waals surface area contributed by atoms with E-state index in [1.165, 1.54) is 11.1 Å². The lowest BCUT2D eigenvalue weighted by atomic mass is 10.2. The van der Waals surface area contributed by atoms with Gasteiger partial charge in [0.15, 0.2) is 0 Å². The van der Waals surface area contributed by atoms with Crippen molar-refractivity contribution in [3.8, 4) is 0 Å². The van der Waals surface area contributed by atoms with Crippen LogP contribution in [0.15, 0.2) is 54.6 Å². The molecule has 0 aliphatic heterocycles. The summed E-state index contributed by atoms with van der Waals surface area (Å²) >= 11 is 0. The van der Waals surface area contributed by atoms with E-state index in [1.807, 2.05) is 61.5 Å². The monoisotopic (exact) mass is 268 g/mol. The molecular weight excluding hydrogens is 248 g/mol. The average Bonchev–Trinajstić information content (AvgIpc) is 2.48. The second-order valence-corrected chi connectivity index (χ2v) is 4.88. The zero-order valence-electron chi connectivity index (χ0n) is 12.0. The number of likely N-dealkylation sites (N-methyl/N-ethyl adjacent to an activating group) is 1. The highest BCUT2D eigenvalue weighted by Gasteiger charge is 2.09. The fourth-order valence-corrected chi connectivity index (χ4v) is 1.94. The first-order chi connectivity index (χ1) is 9.66. The Bertz CT molecular complexity index is 549. The molecule has 0 unspecified atom stereocenters. The molecule has 3 nitrogen and oxygen atoms in total. The van der Waals surface area contributed by atoms with E-state index >= 15 is 0 Å². The van der Waals surface area contributed by atoms with Crippen molar-refractivity contribution >= 4 is 11.6 Å². The molecule has 2 aromatic rings. The summed E-state index contributed by atoms with van der Waals surface area (Å²) in [5.41, 5.74) is 3.29. The number of benzene rings is 2. The first-order valence-corrected chi connectivity index (χ1v) is 6.74. The first kappa shape index (κ1) is 14.3. The van der Waals surface area contributed by atoms with Gasteiger partial charge < -0.3 is 10.2 Å². The second kappa shape index (κ2) is 6.87. The summed E-state index contributed by atoms with van der Waals surface area (Å²) < 4.78 is 0. The van der Waals surface area contributed by atoms with Gasteiger partial charge >= 0.3 is 0 Å². The predicted molar refractivity (Wildman–Crippen MR) is 82.7 cm³/mol. The molecule has 0 saturated heterocycles. The van der Waals surface area contributed by atoms with E-state index in [0.717, 1.165) is 5.69 Å².